The third-order valence-corrected chi connectivity index (χ3v) is 1.69. The van der Waals surface area contributed by atoms with Gasteiger partial charge >= 0.3 is 6.18 Å². The summed E-state index contributed by atoms with van der Waals surface area (Å²) in [5.74, 6) is -0.831. The van der Waals surface area contributed by atoms with Crippen LogP contribution in [0.25, 0.3) is 0 Å². The van der Waals surface area contributed by atoms with E-state index in [-0.39, 0.29) is 5.56 Å². The van der Waals surface area contributed by atoms with Crippen LogP contribution >= 0.6 is 0 Å². The van der Waals surface area contributed by atoms with E-state index in [0.29, 0.717) is 18.2 Å². The van der Waals surface area contributed by atoms with E-state index < -0.39 is 24.1 Å². The molecular weight excluding hydrogens is 214 g/mol. The number of benzene rings is 1. The minimum absolute atomic E-state index is 0.284. The maximum absolute atomic E-state index is 12.9. The summed E-state index contributed by atoms with van der Waals surface area (Å²) in [6.07, 6.45) is -3.41. The van der Waals surface area contributed by atoms with Crippen molar-refractivity contribution >= 4 is 6.08 Å². The Labute approximate surface area is 82.2 Å². The first-order valence-electron chi connectivity index (χ1n) is 3.84. The molecule has 0 N–H and O–H groups in total. The molecule has 0 radical (unpaired) electrons. The molecule has 1 rings (SSSR count). The van der Waals surface area contributed by atoms with Crippen LogP contribution in [-0.4, -0.2) is 6.08 Å². The van der Waals surface area contributed by atoms with E-state index in [0.717, 1.165) is 6.08 Å². The Kier molecular flexibility index (Phi) is 3.21. The molecule has 80 valence electrons. The molecule has 0 aromatic heterocycles. The topological polar surface area (TPSA) is 29.4 Å². The van der Waals surface area contributed by atoms with Crippen LogP contribution in [0.1, 0.15) is 11.1 Å². The summed E-state index contributed by atoms with van der Waals surface area (Å²) in [4.78, 5) is 12.7. The van der Waals surface area contributed by atoms with Gasteiger partial charge in [-0.15, -0.1) is 0 Å². The molecule has 0 aliphatic carbocycles. The molecule has 0 fully saturated rings. The maximum Gasteiger partial charge on any atom is 0.416 e. The van der Waals surface area contributed by atoms with Gasteiger partial charge in [0.15, 0.2) is 0 Å². The fourth-order valence-electron chi connectivity index (χ4n) is 0.990. The number of alkyl halides is 3. The molecular formula is C9H5F4NO. The Morgan fingerprint density at radius 3 is 2.53 bits per heavy atom. The van der Waals surface area contributed by atoms with Crippen molar-refractivity contribution in [2.45, 2.75) is 12.7 Å². The van der Waals surface area contributed by atoms with Gasteiger partial charge in [0, 0.05) is 5.56 Å². The number of rotatable bonds is 2. The number of nitrogens with zero attached hydrogens (tertiary/aromatic N) is 1. The number of isocyanates is 1. The van der Waals surface area contributed by atoms with Gasteiger partial charge in [0.1, 0.15) is 5.82 Å². The average Bonchev–Trinajstić information content (AvgIpc) is 2.15. The second-order valence-corrected chi connectivity index (χ2v) is 2.71. The lowest BCUT2D eigenvalue weighted by Gasteiger charge is -2.07. The van der Waals surface area contributed by atoms with Gasteiger partial charge in [0.2, 0.25) is 6.08 Å². The average molecular weight is 219 g/mol. The van der Waals surface area contributed by atoms with Crippen LogP contribution < -0.4 is 0 Å². The Bertz CT molecular complexity index is 407. The molecule has 6 heteroatoms. The van der Waals surface area contributed by atoms with Gasteiger partial charge in [0.05, 0.1) is 12.1 Å². The first-order chi connectivity index (χ1) is 6.95. The van der Waals surface area contributed by atoms with Crippen molar-refractivity contribution in [2.24, 2.45) is 4.99 Å². The third kappa shape index (κ3) is 2.89. The first-order valence-corrected chi connectivity index (χ1v) is 3.84. The van der Waals surface area contributed by atoms with Crippen molar-refractivity contribution in [3.8, 4) is 0 Å². The highest BCUT2D eigenvalue weighted by atomic mass is 19.4. The van der Waals surface area contributed by atoms with Crippen molar-refractivity contribution in [1.82, 2.24) is 0 Å². The molecule has 0 unspecified atom stereocenters. The van der Waals surface area contributed by atoms with Crippen LogP contribution in [-0.2, 0) is 17.5 Å². The molecule has 0 aliphatic heterocycles. The molecule has 0 atom stereocenters. The number of carbonyl (C=O) groups excluding carboxylic acids is 1. The molecule has 0 aliphatic rings. The van der Waals surface area contributed by atoms with E-state index in [1.807, 2.05) is 0 Å². The second-order valence-electron chi connectivity index (χ2n) is 2.71. The van der Waals surface area contributed by atoms with Crippen molar-refractivity contribution in [3.63, 3.8) is 0 Å². The number of hydrogen-bond acceptors (Lipinski definition) is 2. The fourth-order valence-corrected chi connectivity index (χ4v) is 0.990. The minimum atomic E-state index is -4.53. The monoisotopic (exact) mass is 219 g/mol. The fraction of sp³-hybridized carbons (Fsp3) is 0.222. The summed E-state index contributed by atoms with van der Waals surface area (Å²) in [5, 5.41) is 0. The van der Waals surface area contributed by atoms with E-state index in [9.17, 15) is 22.4 Å². The Morgan fingerprint density at radius 2 is 2.00 bits per heavy atom. The zero-order valence-electron chi connectivity index (χ0n) is 7.31. The zero-order valence-corrected chi connectivity index (χ0v) is 7.31. The number of aliphatic imine (C=N–C) groups is 1. The van der Waals surface area contributed by atoms with Gasteiger partial charge in [-0.3, -0.25) is 0 Å². The lowest BCUT2D eigenvalue weighted by Crippen LogP contribution is -2.06. The summed E-state index contributed by atoms with van der Waals surface area (Å²) in [6, 6.07) is 1.94. The highest BCUT2D eigenvalue weighted by Gasteiger charge is 2.30. The smallest absolute Gasteiger partial charge is 0.211 e. The van der Waals surface area contributed by atoms with Crippen LogP contribution in [0.4, 0.5) is 17.6 Å². The molecule has 1 aromatic carbocycles. The van der Waals surface area contributed by atoms with E-state index in [2.05, 4.69) is 4.99 Å². The van der Waals surface area contributed by atoms with Gasteiger partial charge < -0.3 is 0 Å². The quantitative estimate of drug-likeness (QED) is 0.427. The summed E-state index contributed by atoms with van der Waals surface area (Å²) in [6.45, 7) is -0.445. The SMILES string of the molecule is O=C=NCc1cc(C(F)(F)F)ccc1F. The Hall–Kier alpha value is -1.68. The highest BCUT2D eigenvalue weighted by molar-refractivity contribution is 5.34. The maximum atomic E-state index is 12.9. The predicted octanol–water partition coefficient (Wildman–Crippen LogP) is 2.68. The van der Waals surface area contributed by atoms with Crippen molar-refractivity contribution in [2.75, 3.05) is 0 Å². The second kappa shape index (κ2) is 4.23. The summed E-state index contributed by atoms with van der Waals surface area (Å²) < 4.78 is 49.5. The van der Waals surface area contributed by atoms with Crippen molar-refractivity contribution < 1.29 is 22.4 Å². The molecule has 15 heavy (non-hydrogen) atoms. The van der Waals surface area contributed by atoms with Crippen molar-refractivity contribution in [1.29, 1.82) is 0 Å². The van der Waals surface area contributed by atoms with Crippen LogP contribution in [0.5, 0.6) is 0 Å². The van der Waals surface area contributed by atoms with E-state index >= 15 is 0 Å². The van der Waals surface area contributed by atoms with Crippen molar-refractivity contribution in [3.05, 3.63) is 35.1 Å². The van der Waals surface area contributed by atoms with Gasteiger partial charge in [-0.1, -0.05) is 0 Å². The lowest BCUT2D eigenvalue weighted by atomic mass is 10.1. The predicted molar refractivity (Wildman–Crippen MR) is 43.2 cm³/mol. The van der Waals surface area contributed by atoms with Gasteiger partial charge in [-0.25, -0.2) is 14.2 Å². The van der Waals surface area contributed by atoms with Gasteiger partial charge in [-0.05, 0) is 18.2 Å². The van der Waals surface area contributed by atoms with Crippen LogP contribution in [0.15, 0.2) is 23.2 Å². The van der Waals surface area contributed by atoms with E-state index in [4.69, 9.17) is 0 Å². The summed E-state index contributed by atoms with van der Waals surface area (Å²) in [7, 11) is 0. The standard InChI is InChI=1S/C9H5F4NO/c10-8-2-1-7(9(11,12)13)3-6(8)4-14-5-15/h1-3H,4H2. The van der Waals surface area contributed by atoms with Crippen LogP contribution in [0.2, 0.25) is 0 Å². The molecule has 2 nitrogen and oxygen atoms in total. The third-order valence-electron chi connectivity index (χ3n) is 1.69. The molecule has 0 heterocycles. The first kappa shape index (κ1) is 11.4. The Balaban J connectivity index is 3.10. The highest BCUT2D eigenvalue weighted by Crippen LogP contribution is 2.30. The van der Waals surface area contributed by atoms with E-state index in [1.54, 1.807) is 0 Å². The number of hydrogen-bond donors (Lipinski definition) is 0. The molecule has 1 aromatic rings. The lowest BCUT2D eigenvalue weighted by molar-refractivity contribution is -0.137. The van der Waals surface area contributed by atoms with Crippen LogP contribution in [0, 0.1) is 5.82 Å². The molecule has 0 saturated carbocycles. The van der Waals surface area contributed by atoms with Gasteiger partial charge in [0.25, 0.3) is 0 Å². The molecule has 0 spiro atoms. The number of halogens is 4. The summed E-state index contributed by atoms with van der Waals surface area (Å²) in [5.41, 5.74) is -1.26. The molecule has 0 amide bonds. The largest absolute Gasteiger partial charge is 0.416 e. The summed E-state index contributed by atoms with van der Waals surface area (Å²) >= 11 is 0. The zero-order chi connectivity index (χ0) is 11.5. The molecule has 0 bridgehead atoms. The Morgan fingerprint density at radius 1 is 1.33 bits per heavy atom. The normalized spacial score (nSPS) is 10.9. The molecule has 0 saturated heterocycles. The minimum Gasteiger partial charge on any atom is -0.211 e. The van der Waals surface area contributed by atoms with Gasteiger partial charge in [-0.2, -0.15) is 13.2 Å². The van der Waals surface area contributed by atoms with Crippen LogP contribution in [0.3, 0.4) is 0 Å². The van der Waals surface area contributed by atoms with E-state index in [1.165, 1.54) is 0 Å².